The van der Waals surface area contributed by atoms with Gasteiger partial charge in [0.1, 0.15) is 0 Å². The minimum absolute atomic E-state index is 0.124. The van der Waals surface area contributed by atoms with Crippen molar-refractivity contribution in [3.8, 4) is 0 Å². The Labute approximate surface area is 137 Å². The number of rotatable bonds is 7. The second-order valence-electron chi connectivity index (χ2n) is 4.63. The number of carbonyl (C=O) groups excluding carboxylic acids is 2. The van der Waals surface area contributed by atoms with E-state index in [4.69, 9.17) is 4.74 Å². The Morgan fingerprint density at radius 1 is 1.27 bits per heavy atom. The summed E-state index contributed by atoms with van der Waals surface area (Å²) in [6.07, 6.45) is 2.17. The molecule has 0 radical (unpaired) electrons. The van der Waals surface area contributed by atoms with E-state index in [1.54, 1.807) is 23.6 Å². The van der Waals surface area contributed by atoms with Gasteiger partial charge in [0, 0.05) is 15.6 Å². The maximum atomic E-state index is 12.1. The van der Waals surface area contributed by atoms with Gasteiger partial charge in [0.15, 0.2) is 5.13 Å². The molecule has 2 rings (SSSR count). The van der Waals surface area contributed by atoms with Crippen LogP contribution in [0.1, 0.15) is 41.2 Å². The Bertz CT molecular complexity index is 649. The van der Waals surface area contributed by atoms with Gasteiger partial charge in [-0.05, 0) is 19.4 Å². The van der Waals surface area contributed by atoms with E-state index in [-0.39, 0.29) is 18.3 Å². The highest BCUT2D eigenvalue weighted by Gasteiger charge is 2.13. The molecule has 0 fully saturated rings. The van der Waals surface area contributed by atoms with E-state index in [9.17, 15) is 9.59 Å². The summed E-state index contributed by atoms with van der Waals surface area (Å²) in [5.74, 6) is -0.483. The normalized spacial score (nSPS) is 10.5. The topological polar surface area (TPSA) is 68.3 Å². The van der Waals surface area contributed by atoms with Crippen LogP contribution in [0.3, 0.4) is 0 Å². The van der Waals surface area contributed by atoms with Crippen LogP contribution in [-0.4, -0.2) is 23.5 Å². The molecule has 1 amide bonds. The molecule has 2 aromatic rings. The van der Waals surface area contributed by atoms with Crippen molar-refractivity contribution in [3.63, 3.8) is 0 Å². The molecule has 22 heavy (non-hydrogen) atoms. The number of thiophene rings is 1. The fraction of sp³-hybridized carbons (Fsp3) is 0.400. The minimum Gasteiger partial charge on any atom is -0.466 e. The Hall–Kier alpha value is -1.73. The van der Waals surface area contributed by atoms with Gasteiger partial charge in [-0.25, -0.2) is 4.98 Å². The molecule has 0 saturated carbocycles. The number of esters is 1. The fourth-order valence-corrected chi connectivity index (χ4v) is 3.53. The van der Waals surface area contributed by atoms with Crippen molar-refractivity contribution in [2.75, 3.05) is 11.9 Å². The first-order valence-electron chi connectivity index (χ1n) is 7.11. The fourth-order valence-electron chi connectivity index (χ4n) is 1.85. The van der Waals surface area contributed by atoms with Crippen LogP contribution < -0.4 is 5.32 Å². The van der Waals surface area contributed by atoms with Gasteiger partial charge in [0.2, 0.25) is 0 Å². The van der Waals surface area contributed by atoms with E-state index in [2.05, 4.69) is 17.2 Å². The van der Waals surface area contributed by atoms with Crippen LogP contribution in [0.5, 0.6) is 0 Å². The Morgan fingerprint density at radius 3 is 2.82 bits per heavy atom. The van der Waals surface area contributed by atoms with Crippen LogP contribution in [0.15, 0.2) is 16.8 Å². The average molecular weight is 338 g/mol. The molecule has 118 valence electrons. The van der Waals surface area contributed by atoms with E-state index >= 15 is 0 Å². The molecule has 0 aliphatic carbocycles. The van der Waals surface area contributed by atoms with E-state index in [1.807, 2.05) is 11.4 Å². The van der Waals surface area contributed by atoms with Gasteiger partial charge in [0.25, 0.3) is 5.91 Å². The standard InChI is InChI=1S/C15H18N2O3S2/c1-3-5-12-6-10(8-21-12)14(19)17-15-16-11(9-22-15)7-13(18)20-4-2/h6,8-9H,3-5,7H2,1-2H3,(H,16,17,19). The third kappa shape index (κ3) is 4.64. The van der Waals surface area contributed by atoms with Crippen LogP contribution in [0, 0.1) is 0 Å². The summed E-state index contributed by atoms with van der Waals surface area (Å²) in [6.45, 7) is 4.23. The van der Waals surface area contributed by atoms with Crippen molar-refractivity contribution >= 4 is 39.7 Å². The zero-order chi connectivity index (χ0) is 15.9. The SMILES string of the molecule is CCCc1cc(C(=O)Nc2nc(CC(=O)OCC)cs2)cs1. The summed E-state index contributed by atoms with van der Waals surface area (Å²) < 4.78 is 4.87. The second kappa shape index (κ2) is 8.05. The molecule has 0 aliphatic heterocycles. The monoisotopic (exact) mass is 338 g/mol. The third-order valence-corrected chi connectivity index (χ3v) is 4.62. The molecule has 5 nitrogen and oxygen atoms in total. The lowest BCUT2D eigenvalue weighted by molar-refractivity contribution is -0.142. The highest BCUT2D eigenvalue weighted by molar-refractivity contribution is 7.14. The Kier molecular flexibility index (Phi) is 6.09. The molecule has 0 spiro atoms. The molecule has 0 aliphatic rings. The smallest absolute Gasteiger partial charge is 0.311 e. The molecule has 0 saturated heterocycles. The molecule has 2 heterocycles. The number of amides is 1. The number of nitrogens with one attached hydrogen (secondary N) is 1. The quantitative estimate of drug-likeness (QED) is 0.784. The van der Waals surface area contributed by atoms with E-state index in [0.717, 1.165) is 12.8 Å². The van der Waals surface area contributed by atoms with Gasteiger partial charge in [-0.15, -0.1) is 22.7 Å². The van der Waals surface area contributed by atoms with Gasteiger partial charge in [-0.2, -0.15) is 0 Å². The third-order valence-electron chi connectivity index (χ3n) is 2.82. The molecule has 0 bridgehead atoms. The number of anilines is 1. The Morgan fingerprint density at radius 2 is 2.09 bits per heavy atom. The summed E-state index contributed by atoms with van der Waals surface area (Å²) in [6, 6.07) is 1.91. The highest BCUT2D eigenvalue weighted by atomic mass is 32.1. The van der Waals surface area contributed by atoms with Crippen molar-refractivity contribution in [2.24, 2.45) is 0 Å². The van der Waals surface area contributed by atoms with Crippen molar-refractivity contribution in [2.45, 2.75) is 33.1 Å². The number of aromatic nitrogens is 1. The van der Waals surface area contributed by atoms with Crippen molar-refractivity contribution in [1.82, 2.24) is 4.98 Å². The summed E-state index contributed by atoms with van der Waals surface area (Å²) in [5.41, 5.74) is 1.26. The van der Waals surface area contributed by atoms with Gasteiger partial charge in [0.05, 0.1) is 24.3 Å². The molecule has 0 atom stereocenters. The molecule has 0 unspecified atom stereocenters. The van der Waals surface area contributed by atoms with Crippen molar-refractivity contribution in [3.05, 3.63) is 33.0 Å². The number of thiazole rings is 1. The predicted molar refractivity (Wildman–Crippen MR) is 88.7 cm³/mol. The van der Waals surface area contributed by atoms with Gasteiger partial charge in [-0.1, -0.05) is 13.3 Å². The zero-order valence-corrected chi connectivity index (χ0v) is 14.2. The zero-order valence-electron chi connectivity index (χ0n) is 12.5. The molecule has 2 aromatic heterocycles. The van der Waals surface area contributed by atoms with Crippen LogP contribution in [0.25, 0.3) is 0 Å². The second-order valence-corrected chi connectivity index (χ2v) is 6.49. The molecule has 0 aromatic carbocycles. The van der Waals surface area contributed by atoms with Crippen molar-refractivity contribution in [1.29, 1.82) is 0 Å². The highest BCUT2D eigenvalue weighted by Crippen LogP contribution is 2.20. The maximum Gasteiger partial charge on any atom is 0.311 e. The van der Waals surface area contributed by atoms with Gasteiger partial charge in [-0.3, -0.25) is 14.9 Å². The molecular formula is C15H18N2O3S2. The van der Waals surface area contributed by atoms with E-state index in [0.29, 0.717) is 23.0 Å². The largest absolute Gasteiger partial charge is 0.466 e. The van der Waals surface area contributed by atoms with Gasteiger partial charge >= 0.3 is 5.97 Å². The lowest BCUT2D eigenvalue weighted by Gasteiger charge is -1.99. The van der Waals surface area contributed by atoms with Gasteiger partial charge < -0.3 is 4.74 Å². The lowest BCUT2D eigenvalue weighted by atomic mass is 10.2. The first-order valence-corrected chi connectivity index (χ1v) is 8.87. The maximum absolute atomic E-state index is 12.1. The number of carbonyl (C=O) groups is 2. The molecule has 7 heteroatoms. The first kappa shape index (κ1) is 16.6. The van der Waals surface area contributed by atoms with Crippen molar-refractivity contribution < 1.29 is 14.3 Å². The minimum atomic E-state index is -0.312. The number of hydrogen-bond donors (Lipinski definition) is 1. The van der Waals surface area contributed by atoms with Crippen LogP contribution in [0.4, 0.5) is 5.13 Å². The predicted octanol–water partition coefficient (Wildman–Crippen LogP) is 3.52. The first-order chi connectivity index (χ1) is 10.6. The van der Waals surface area contributed by atoms with E-state index in [1.165, 1.54) is 16.2 Å². The van der Waals surface area contributed by atoms with E-state index < -0.39 is 0 Å². The lowest BCUT2D eigenvalue weighted by Crippen LogP contribution is -2.11. The molecular weight excluding hydrogens is 320 g/mol. The molecule has 1 N–H and O–H groups in total. The number of hydrogen-bond acceptors (Lipinski definition) is 6. The number of nitrogens with zero attached hydrogens (tertiary/aromatic N) is 1. The summed E-state index contributed by atoms with van der Waals surface area (Å²) in [5, 5.41) is 6.86. The Balaban J connectivity index is 1.94. The summed E-state index contributed by atoms with van der Waals surface area (Å²) in [7, 11) is 0. The number of aryl methyl sites for hydroxylation is 1. The average Bonchev–Trinajstić information content (AvgIpc) is 3.09. The number of ether oxygens (including phenoxy) is 1. The van der Waals surface area contributed by atoms with Crippen LogP contribution in [0.2, 0.25) is 0 Å². The van der Waals surface area contributed by atoms with Crippen LogP contribution in [-0.2, 0) is 22.4 Å². The summed E-state index contributed by atoms with van der Waals surface area (Å²) in [4.78, 5) is 29.0. The van der Waals surface area contributed by atoms with Crippen LogP contribution >= 0.6 is 22.7 Å². The summed E-state index contributed by atoms with van der Waals surface area (Å²) >= 11 is 2.90.